The van der Waals surface area contributed by atoms with Gasteiger partial charge in [0.2, 0.25) is 0 Å². The summed E-state index contributed by atoms with van der Waals surface area (Å²) in [6, 6.07) is 7.94. The Morgan fingerprint density at radius 3 is 2.85 bits per heavy atom. The molecule has 0 amide bonds. The molecule has 3 rings (SSSR count). The van der Waals surface area contributed by atoms with Crippen LogP contribution in [0.25, 0.3) is 0 Å². The van der Waals surface area contributed by atoms with E-state index in [2.05, 4.69) is 27.2 Å². The number of anilines is 1. The average Bonchev–Trinajstić information content (AvgIpc) is 3.31. The van der Waals surface area contributed by atoms with Crippen LogP contribution in [0.5, 0.6) is 0 Å². The summed E-state index contributed by atoms with van der Waals surface area (Å²) in [7, 11) is 0. The maximum absolute atomic E-state index is 4.67. The second-order valence-corrected chi connectivity index (χ2v) is 5.96. The predicted octanol–water partition coefficient (Wildman–Crippen LogP) is 3.72. The van der Waals surface area contributed by atoms with E-state index in [9.17, 15) is 0 Å². The first-order valence-electron chi connectivity index (χ1n) is 7.07. The van der Waals surface area contributed by atoms with Crippen molar-refractivity contribution in [3.05, 3.63) is 36.3 Å². The van der Waals surface area contributed by atoms with Crippen LogP contribution in [-0.2, 0) is 0 Å². The molecule has 2 aromatic rings. The summed E-state index contributed by atoms with van der Waals surface area (Å²) in [5.74, 6) is 2.47. The van der Waals surface area contributed by atoms with Crippen molar-refractivity contribution in [1.29, 1.82) is 0 Å². The van der Waals surface area contributed by atoms with E-state index in [-0.39, 0.29) is 0 Å². The molecule has 0 bridgehead atoms. The summed E-state index contributed by atoms with van der Waals surface area (Å²) in [6.45, 7) is 3.09. The van der Waals surface area contributed by atoms with E-state index in [0.717, 1.165) is 34.7 Å². The number of hydrogen-bond acceptors (Lipinski definition) is 5. The molecule has 5 heteroatoms. The fourth-order valence-electron chi connectivity index (χ4n) is 1.88. The highest BCUT2D eigenvalue weighted by atomic mass is 32.2. The van der Waals surface area contributed by atoms with Gasteiger partial charge >= 0.3 is 0 Å². The Morgan fingerprint density at radius 1 is 1.25 bits per heavy atom. The highest BCUT2D eigenvalue weighted by Gasteiger charge is 2.27. The number of aromatic nitrogens is 3. The molecule has 0 aromatic carbocycles. The topological polar surface area (TPSA) is 50.7 Å². The zero-order valence-corrected chi connectivity index (χ0v) is 12.4. The number of pyridine rings is 1. The zero-order valence-electron chi connectivity index (χ0n) is 11.5. The van der Waals surface area contributed by atoms with E-state index in [1.54, 1.807) is 11.8 Å². The Labute approximate surface area is 123 Å². The van der Waals surface area contributed by atoms with Crippen molar-refractivity contribution in [2.75, 3.05) is 11.9 Å². The molecular weight excluding hydrogens is 268 g/mol. The Bertz CT molecular complexity index is 569. The molecule has 104 valence electrons. The van der Waals surface area contributed by atoms with Crippen LogP contribution < -0.4 is 5.32 Å². The van der Waals surface area contributed by atoms with Gasteiger partial charge in [0.1, 0.15) is 21.7 Å². The van der Waals surface area contributed by atoms with Crippen molar-refractivity contribution < 1.29 is 0 Å². The Balaban J connectivity index is 1.83. The van der Waals surface area contributed by atoms with Crippen LogP contribution in [0, 0.1) is 0 Å². The summed E-state index contributed by atoms with van der Waals surface area (Å²) in [4.78, 5) is 13.6. The normalized spacial score (nSPS) is 14.2. The number of nitrogens with one attached hydrogen (secondary N) is 1. The molecule has 1 aliphatic rings. The second kappa shape index (κ2) is 6.22. The Morgan fingerprint density at radius 2 is 2.15 bits per heavy atom. The minimum Gasteiger partial charge on any atom is -0.370 e. The summed E-state index contributed by atoms with van der Waals surface area (Å²) in [5.41, 5.74) is 0. The van der Waals surface area contributed by atoms with Crippen LogP contribution in [0.4, 0.5) is 5.82 Å². The lowest BCUT2D eigenvalue weighted by molar-refractivity contribution is 0.867. The molecule has 20 heavy (non-hydrogen) atoms. The highest BCUT2D eigenvalue weighted by Crippen LogP contribution is 2.39. The third-order valence-electron chi connectivity index (χ3n) is 3.07. The highest BCUT2D eigenvalue weighted by molar-refractivity contribution is 7.99. The first-order valence-corrected chi connectivity index (χ1v) is 7.88. The number of nitrogens with zero attached hydrogens (tertiary/aromatic N) is 3. The van der Waals surface area contributed by atoms with Gasteiger partial charge in [-0.2, -0.15) is 0 Å². The van der Waals surface area contributed by atoms with E-state index in [1.807, 2.05) is 30.5 Å². The Hall–Kier alpha value is -1.62. The van der Waals surface area contributed by atoms with Gasteiger partial charge in [0.05, 0.1) is 0 Å². The first kappa shape index (κ1) is 13.4. The van der Waals surface area contributed by atoms with Crippen molar-refractivity contribution in [3.8, 4) is 0 Å². The number of rotatable bonds is 6. The first-order chi connectivity index (χ1) is 9.85. The van der Waals surface area contributed by atoms with E-state index in [0.29, 0.717) is 5.92 Å². The number of hydrogen-bond donors (Lipinski definition) is 1. The van der Waals surface area contributed by atoms with Gasteiger partial charge in [0.25, 0.3) is 0 Å². The smallest absolute Gasteiger partial charge is 0.135 e. The lowest BCUT2D eigenvalue weighted by Crippen LogP contribution is -2.05. The quantitative estimate of drug-likeness (QED) is 0.820. The van der Waals surface area contributed by atoms with Crippen molar-refractivity contribution in [2.24, 2.45) is 0 Å². The van der Waals surface area contributed by atoms with Crippen LogP contribution in [0.1, 0.15) is 37.9 Å². The lowest BCUT2D eigenvalue weighted by atomic mass is 10.4. The van der Waals surface area contributed by atoms with Gasteiger partial charge in [0.15, 0.2) is 0 Å². The van der Waals surface area contributed by atoms with Gasteiger partial charge in [-0.05, 0) is 43.2 Å². The molecule has 0 aliphatic heterocycles. The SMILES string of the molecule is CCCNc1cc(Sc2ccccn2)nc(C2CC2)n1. The summed E-state index contributed by atoms with van der Waals surface area (Å²) in [6.07, 6.45) is 5.32. The maximum Gasteiger partial charge on any atom is 0.135 e. The molecule has 4 nitrogen and oxygen atoms in total. The lowest BCUT2D eigenvalue weighted by Gasteiger charge is -2.08. The van der Waals surface area contributed by atoms with E-state index in [1.165, 1.54) is 12.8 Å². The van der Waals surface area contributed by atoms with E-state index >= 15 is 0 Å². The van der Waals surface area contributed by atoms with Crippen LogP contribution in [0.15, 0.2) is 40.5 Å². The molecular formula is C15H18N4S. The molecule has 0 spiro atoms. The van der Waals surface area contributed by atoms with Crippen molar-refractivity contribution >= 4 is 17.6 Å². The molecule has 1 aliphatic carbocycles. The molecule has 1 saturated carbocycles. The zero-order chi connectivity index (χ0) is 13.8. The second-order valence-electron chi connectivity index (χ2n) is 4.92. The van der Waals surface area contributed by atoms with Crippen LogP contribution in [0.2, 0.25) is 0 Å². The van der Waals surface area contributed by atoms with Gasteiger partial charge in [0, 0.05) is 24.7 Å². The predicted molar refractivity (Wildman–Crippen MR) is 81.1 cm³/mol. The van der Waals surface area contributed by atoms with Crippen molar-refractivity contribution in [3.63, 3.8) is 0 Å². The minimum absolute atomic E-state index is 0.557. The molecule has 0 saturated heterocycles. The van der Waals surface area contributed by atoms with Gasteiger partial charge in [-0.1, -0.05) is 13.0 Å². The average molecular weight is 286 g/mol. The van der Waals surface area contributed by atoms with Gasteiger partial charge < -0.3 is 5.32 Å². The van der Waals surface area contributed by atoms with Gasteiger partial charge in [-0.25, -0.2) is 15.0 Å². The standard InChI is InChI=1S/C15H18N4S/c1-2-8-16-12-10-14(19-15(18-12)11-6-7-11)20-13-5-3-4-9-17-13/h3-5,9-11H,2,6-8H2,1H3,(H,16,18,19). The maximum atomic E-state index is 4.67. The Kier molecular flexibility index (Phi) is 4.16. The molecule has 1 fully saturated rings. The third-order valence-corrected chi connectivity index (χ3v) is 3.93. The molecule has 2 heterocycles. The summed E-state index contributed by atoms with van der Waals surface area (Å²) < 4.78 is 0. The van der Waals surface area contributed by atoms with Crippen molar-refractivity contribution in [2.45, 2.75) is 42.2 Å². The fourth-order valence-corrected chi connectivity index (χ4v) is 2.66. The van der Waals surface area contributed by atoms with E-state index < -0.39 is 0 Å². The fraction of sp³-hybridized carbons (Fsp3) is 0.400. The molecule has 1 N–H and O–H groups in total. The molecule has 0 radical (unpaired) electrons. The molecule has 2 aromatic heterocycles. The third kappa shape index (κ3) is 3.48. The van der Waals surface area contributed by atoms with Gasteiger partial charge in [-0.3, -0.25) is 0 Å². The van der Waals surface area contributed by atoms with Crippen LogP contribution in [0.3, 0.4) is 0 Å². The molecule has 0 unspecified atom stereocenters. The van der Waals surface area contributed by atoms with Gasteiger partial charge in [-0.15, -0.1) is 0 Å². The largest absolute Gasteiger partial charge is 0.370 e. The minimum atomic E-state index is 0.557. The van der Waals surface area contributed by atoms with E-state index in [4.69, 9.17) is 0 Å². The summed E-state index contributed by atoms with van der Waals surface area (Å²) in [5, 5.41) is 5.30. The van der Waals surface area contributed by atoms with Crippen LogP contribution >= 0.6 is 11.8 Å². The monoisotopic (exact) mass is 286 g/mol. The van der Waals surface area contributed by atoms with Crippen molar-refractivity contribution in [1.82, 2.24) is 15.0 Å². The summed E-state index contributed by atoms with van der Waals surface area (Å²) >= 11 is 1.59. The van der Waals surface area contributed by atoms with Crippen LogP contribution in [-0.4, -0.2) is 21.5 Å². The molecule has 0 atom stereocenters.